The Hall–Kier alpha value is -2.08. The van der Waals surface area contributed by atoms with Gasteiger partial charge in [-0.15, -0.1) is 0 Å². The molecule has 0 radical (unpaired) electrons. The number of carbonyl (C=O) groups is 2. The van der Waals surface area contributed by atoms with Gasteiger partial charge in [0.25, 0.3) is 0 Å². The van der Waals surface area contributed by atoms with E-state index >= 15 is 0 Å². The van der Waals surface area contributed by atoms with Crippen LogP contribution in [0.4, 0.5) is 0 Å². The Bertz CT molecular complexity index is 528. The van der Waals surface area contributed by atoms with Crippen molar-refractivity contribution in [2.75, 3.05) is 14.2 Å². The van der Waals surface area contributed by atoms with Crippen LogP contribution in [0.1, 0.15) is 25.8 Å². The molecule has 0 heterocycles. The van der Waals surface area contributed by atoms with Gasteiger partial charge in [0, 0.05) is 13.5 Å². The quantitative estimate of drug-likeness (QED) is 0.744. The van der Waals surface area contributed by atoms with E-state index < -0.39 is 18.0 Å². The Kier molecular flexibility index (Phi) is 7.03. The van der Waals surface area contributed by atoms with E-state index in [4.69, 9.17) is 16.2 Å². The van der Waals surface area contributed by atoms with Crippen molar-refractivity contribution in [2.24, 2.45) is 17.4 Å². The average Bonchev–Trinajstić information content (AvgIpc) is 2.50. The Morgan fingerprint density at radius 1 is 1.22 bits per heavy atom. The summed E-state index contributed by atoms with van der Waals surface area (Å²) in [6.45, 7) is 3.99. The Balaban J connectivity index is 2.83. The fourth-order valence-electron chi connectivity index (χ4n) is 2.44. The lowest BCUT2D eigenvalue weighted by atomic mass is 10.0. The third-order valence-electron chi connectivity index (χ3n) is 3.77. The summed E-state index contributed by atoms with van der Waals surface area (Å²) in [5.41, 5.74) is 12.3. The standard InChI is InChI=1S/C17H27N3O3/c1-11(2)9-14(18)17(22)20(3)15(16(19)21)10-12-5-7-13(23-4)8-6-12/h5-8,11,14-15H,9-10,18H2,1-4H3,(H2,19,21)/t14-,15-/m0/s1. The summed E-state index contributed by atoms with van der Waals surface area (Å²) in [4.78, 5) is 25.5. The minimum atomic E-state index is -0.728. The van der Waals surface area contributed by atoms with Gasteiger partial charge < -0.3 is 21.1 Å². The minimum absolute atomic E-state index is 0.268. The van der Waals surface area contributed by atoms with E-state index in [-0.39, 0.29) is 5.91 Å². The smallest absolute Gasteiger partial charge is 0.240 e. The molecule has 0 aromatic heterocycles. The van der Waals surface area contributed by atoms with Crippen LogP contribution in [-0.2, 0) is 16.0 Å². The van der Waals surface area contributed by atoms with E-state index in [1.807, 2.05) is 26.0 Å². The number of nitrogens with zero attached hydrogens (tertiary/aromatic N) is 1. The van der Waals surface area contributed by atoms with Crippen LogP contribution in [0.2, 0.25) is 0 Å². The Morgan fingerprint density at radius 2 is 1.78 bits per heavy atom. The highest BCUT2D eigenvalue weighted by Crippen LogP contribution is 2.15. The molecule has 2 atom stereocenters. The highest BCUT2D eigenvalue weighted by Gasteiger charge is 2.28. The number of methoxy groups -OCH3 is 1. The van der Waals surface area contributed by atoms with Gasteiger partial charge in [-0.1, -0.05) is 26.0 Å². The lowest BCUT2D eigenvalue weighted by Gasteiger charge is -2.28. The average molecular weight is 321 g/mol. The number of primary amides is 1. The summed E-state index contributed by atoms with van der Waals surface area (Å²) >= 11 is 0. The van der Waals surface area contributed by atoms with Gasteiger partial charge >= 0.3 is 0 Å². The molecule has 1 aromatic carbocycles. The Labute approximate surface area is 137 Å². The maximum atomic E-state index is 12.4. The fourth-order valence-corrected chi connectivity index (χ4v) is 2.44. The molecule has 1 aromatic rings. The van der Waals surface area contributed by atoms with Crippen molar-refractivity contribution >= 4 is 11.8 Å². The molecule has 0 aliphatic carbocycles. The van der Waals surface area contributed by atoms with Gasteiger partial charge in [-0.3, -0.25) is 9.59 Å². The first kappa shape index (κ1) is 19.0. The van der Waals surface area contributed by atoms with Crippen LogP contribution in [0.15, 0.2) is 24.3 Å². The van der Waals surface area contributed by atoms with Gasteiger partial charge in [0.2, 0.25) is 11.8 Å². The Morgan fingerprint density at radius 3 is 2.22 bits per heavy atom. The van der Waals surface area contributed by atoms with Crippen LogP contribution in [-0.4, -0.2) is 43.0 Å². The van der Waals surface area contributed by atoms with Crippen LogP contribution >= 0.6 is 0 Å². The van der Waals surface area contributed by atoms with Crippen molar-refractivity contribution in [3.63, 3.8) is 0 Å². The number of hydrogen-bond donors (Lipinski definition) is 2. The molecule has 4 N–H and O–H groups in total. The molecule has 128 valence electrons. The first-order valence-corrected chi connectivity index (χ1v) is 7.70. The fraction of sp³-hybridized carbons (Fsp3) is 0.529. The van der Waals surface area contributed by atoms with Gasteiger partial charge in [-0.05, 0) is 30.0 Å². The zero-order valence-corrected chi connectivity index (χ0v) is 14.3. The van der Waals surface area contributed by atoms with E-state index in [9.17, 15) is 9.59 Å². The monoisotopic (exact) mass is 321 g/mol. The van der Waals surface area contributed by atoms with Crippen LogP contribution in [0.5, 0.6) is 5.75 Å². The SMILES string of the molecule is COc1ccc(C[C@@H](C(N)=O)N(C)C(=O)[C@@H](N)CC(C)C)cc1. The van der Waals surface area contributed by atoms with Gasteiger partial charge in [0.15, 0.2) is 0 Å². The first-order chi connectivity index (χ1) is 10.8. The number of nitrogens with two attached hydrogens (primary N) is 2. The summed E-state index contributed by atoms with van der Waals surface area (Å²) in [7, 11) is 3.16. The predicted octanol–water partition coefficient (Wildman–Crippen LogP) is 0.923. The summed E-state index contributed by atoms with van der Waals surface area (Å²) in [6, 6.07) is 5.95. The lowest BCUT2D eigenvalue weighted by Crippen LogP contribution is -2.52. The largest absolute Gasteiger partial charge is 0.497 e. The summed E-state index contributed by atoms with van der Waals surface area (Å²) < 4.78 is 5.10. The molecule has 0 unspecified atom stereocenters. The molecule has 0 saturated carbocycles. The van der Waals surface area contributed by atoms with Crippen molar-refractivity contribution in [3.05, 3.63) is 29.8 Å². The lowest BCUT2D eigenvalue weighted by molar-refractivity contribution is -0.139. The summed E-state index contributed by atoms with van der Waals surface area (Å²) in [6.07, 6.45) is 0.910. The molecule has 0 spiro atoms. The molecule has 6 nitrogen and oxygen atoms in total. The van der Waals surface area contributed by atoms with Crippen molar-refractivity contribution in [1.29, 1.82) is 0 Å². The normalized spacial score (nSPS) is 13.5. The molecule has 0 bridgehead atoms. The summed E-state index contributed by atoms with van der Waals surface area (Å²) in [5.74, 6) is 0.216. The van der Waals surface area contributed by atoms with Crippen LogP contribution in [0.25, 0.3) is 0 Å². The number of carbonyl (C=O) groups excluding carboxylic acids is 2. The number of hydrogen-bond acceptors (Lipinski definition) is 4. The molecule has 23 heavy (non-hydrogen) atoms. The second-order valence-electron chi connectivity index (χ2n) is 6.16. The van der Waals surface area contributed by atoms with Crippen molar-refractivity contribution in [2.45, 2.75) is 38.8 Å². The maximum Gasteiger partial charge on any atom is 0.240 e. The van der Waals surface area contributed by atoms with E-state index in [0.29, 0.717) is 18.8 Å². The zero-order chi connectivity index (χ0) is 17.6. The minimum Gasteiger partial charge on any atom is -0.497 e. The van der Waals surface area contributed by atoms with Gasteiger partial charge in [0.05, 0.1) is 13.2 Å². The highest BCUT2D eigenvalue weighted by molar-refractivity contribution is 5.89. The molecular weight excluding hydrogens is 294 g/mol. The van der Waals surface area contributed by atoms with Gasteiger partial charge in [-0.2, -0.15) is 0 Å². The molecule has 1 rings (SSSR count). The highest BCUT2D eigenvalue weighted by atomic mass is 16.5. The maximum absolute atomic E-state index is 12.4. The number of benzene rings is 1. The number of amides is 2. The molecule has 6 heteroatoms. The molecule has 0 saturated heterocycles. The molecule has 0 aliphatic heterocycles. The topological polar surface area (TPSA) is 98.6 Å². The first-order valence-electron chi connectivity index (χ1n) is 7.70. The number of likely N-dealkylation sites (N-methyl/N-ethyl adjacent to an activating group) is 1. The molecule has 0 aliphatic rings. The molecule has 2 amide bonds. The zero-order valence-electron chi connectivity index (χ0n) is 14.3. The van der Waals surface area contributed by atoms with Crippen LogP contribution in [0.3, 0.4) is 0 Å². The third kappa shape index (κ3) is 5.56. The van der Waals surface area contributed by atoms with Crippen LogP contribution in [0, 0.1) is 5.92 Å². The third-order valence-corrected chi connectivity index (χ3v) is 3.77. The predicted molar refractivity (Wildman–Crippen MR) is 89.9 cm³/mol. The van der Waals surface area contributed by atoms with Crippen molar-refractivity contribution < 1.29 is 14.3 Å². The molecular formula is C17H27N3O3. The van der Waals surface area contributed by atoms with Crippen molar-refractivity contribution in [3.8, 4) is 5.75 Å². The number of ether oxygens (including phenoxy) is 1. The van der Waals surface area contributed by atoms with E-state index in [2.05, 4.69) is 0 Å². The van der Waals surface area contributed by atoms with E-state index in [1.165, 1.54) is 4.90 Å². The van der Waals surface area contributed by atoms with E-state index in [1.54, 1.807) is 26.3 Å². The second-order valence-corrected chi connectivity index (χ2v) is 6.16. The van der Waals surface area contributed by atoms with Gasteiger partial charge in [-0.25, -0.2) is 0 Å². The second kappa shape index (κ2) is 8.53. The van der Waals surface area contributed by atoms with Crippen molar-refractivity contribution in [1.82, 2.24) is 4.90 Å². The summed E-state index contributed by atoms with van der Waals surface area (Å²) in [5, 5.41) is 0. The van der Waals surface area contributed by atoms with Gasteiger partial charge in [0.1, 0.15) is 11.8 Å². The number of rotatable bonds is 8. The van der Waals surface area contributed by atoms with E-state index in [0.717, 1.165) is 11.3 Å². The van der Waals surface area contributed by atoms with Crippen LogP contribution < -0.4 is 16.2 Å². The molecule has 0 fully saturated rings.